The van der Waals surface area contributed by atoms with Gasteiger partial charge in [0, 0.05) is 5.56 Å². The van der Waals surface area contributed by atoms with E-state index in [0.29, 0.717) is 11.5 Å². The number of fused-ring (bicyclic) bond motifs is 1. The zero-order valence-electron chi connectivity index (χ0n) is 15.6. The van der Waals surface area contributed by atoms with Gasteiger partial charge in [-0.15, -0.1) is 0 Å². The quantitative estimate of drug-likeness (QED) is 0.244. The molecule has 0 saturated carbocycles. The summed E-state index contributed by atoms with van der Waals surface area (Å²) in [5, 5.41) is 1.96. The molecular formula is C24H19O4P. The first-order valence-electron chi connectivity index (χ1n) is 9.09. The van der Waals surface area contributed by atoms with Gasteiger partial charge in [0.25, 0.3) is 0 Å². The van der Waals surface area contributed by atoms with Crippen molar-refractivity contribution < 1.29 is 18.1 Å². The van der Waals surface area contributed by atoms with Crippen LogP contribution in [0.3, 0.4) is 0 Å². The molecule has 0 spiro atoms. The topological polar surface area (TPSA) is 44.8 Å². The first-order chi connectivity index (χ1) is 14.1. The molecule has 0 aliphatic heterocycles. The molecule has 0 heterocycles. The summed E-state index contributed by atoms with van der Waals surface area (Å²) < 4.78 is 30.6. The van der Waals surface area contributed by atoms with Crippen LogP contribution < -0.4 is 9.05 Å². The van der Waals surface area contributed by atoms with E-state index in [4.69, 9.17) is 13.6 Å². The van der Waals surface area contributed by atoms with E-state index in [0.717, 1.165) is 16.3 Å². The summed E-state index contributed by atoms with van der Waals surface area (Å²) >= 11 is 0. The first kappa shape index (κ1) is 18.9. The van der Waals surface area contributed by atoms with Crippen molar-refractivity contribution in [2.24, 2.45) is 0 Å². The van der Waals surface area contributed by atoms with Crippen LogP contribution in [-0.4, -0.2) is 0 Å². The Morgan fingerprint density at radius 1 is 0.655 bits per heavy atom. The number of benzene rings is 4. The maximum Gasteiger partial charge on any atom is 0.647 e. The van der Waals surface area contributed by atoms with E-state index in [9.17, 15) is 4.57 Å². The number of hydrogen-bond donors (Lipinski definition) is 0. The van der Waals surface area contributed by atoms with Gasteiger partial charge in [0.05, 0.1) is 0 Å². The lowest BCUT2D eigenvalue weighted by molar-refractivity contribution is 0.285. The van der Waals surface area contributed by atoms with Crippen LogP contribution >= 0.6 is 7.82 Å². The summed E-state index contributed by atoms with van der Waals surface area (Å²) in [6.45, 7) is 3.99. The predicted octanol–water partition coefficient (Wildman–Crippen LogP) is 7.09. The monoisotopic (exact) mass is 402 g/mol. The minimum atomic E-state index is -4.06. The van der Waals surface area contributed by atoms with Crippen molar-refractivity contribution in [1.82, 2.24) is 0 Å². The number of hydrogen-bond acceptors (Lipinski definition) is 4. The molecule has 0 bridgehead atoms. The fraction of sp³-hybridized carbons (Fsp3) is 0. The number of phosphoric ester groups is 1. The summed E-state index contributed by atoms with van der Waals surface area (Å²) in [7, 11) is -4.06. The highest BCUT2D eigenvalue weighted by Crippen LogP contribution is 2.52. The summed E-state index contributed by atoms with van der Waals surface area (Å²) in [5.74, 6) is 0.951. The molecule has 5 heteroatoms. The smallest absolute Gasteiger partial charge is 0.386 e. The van der Waals surface area contributed by atoms with Crippen LogP contribution in [0, 0.1) is 0 Å². The van der Waals surface area contributed by atoms with Crippen molar-refractivity contribution >= 4 is 24.4 Å². The number of phosphoric acid groups is 1. The van der Waals surface area contributed by atoms with Gasteiger partial charge < -0.3 is 13.6 Å². The van der Waals surface area contributed by atoms with Gasteiger partial charge in [-0.2, -0.15) is 4.57 Å². The highest BCUT2D eigenvalue weighted by Gasteiger charge is 2.34. The molecular weight excluding hydrogens is 383 g/mol. The van der Waals surface area contributed by atoms with Crippen LogP contribution in [0.15, 0.2) is 110 Å². The molecule has 144 valence electrons. The lowest BCUT2D eigenvalue weighted by Crippen LogP contribution is -2.05. The molecule has 0 N–H and O–H groups in total. The molecule has 0 aliphatic rings. The maximum absolute atomic E-state index is 13.5. The van der Waals surface area contributed by atoms with Gasteiger partial charge in [-0.1, -0.05) is 85.4 Å². The standard InChI is InChI=1S/C24H19O4P/c1-19(23-18-10-12-20-11-8-9-17-24(20)23)26-29(25,27-21-13-4-2-5-14-21)28-22-15-6-3-7-16-22/h2-18H,1H2. The molecule has 4 aromatic rings. The largest absolute Gasteiger partial charge is 0.647 e. The van der Waals surface area contributed by atoms with Crippen molar-refractivity contribution in [3.63, 3.8) is 0 Å². The van der Waals surface area contributed by atoms with E-state index in [1.165, 1.54) is 0 Å². The Balaban J connectivity index is 1.67. The molecule has 4 rings (SSSR count). The summed E-state index contributed by atoms with van der Waals surface area (Å²) in [6, 6.07) is 31.1. The van der Waals surface area contributed by atoms with Crippen LogP contribution in [0.5, 0.6) is 11.5 Å². The lowest BCUT2D eigenvalue weighted by Gasteiger charge is -2.21. The van der Waals surface area contributed by atoms with Crippen LogP contribution in [0.1, 0.15) is 5.56 Å². The molecule has 0 radical (unpaired) electrons. The Morgan fingerprint density at radius 2 is 1.17 bits per heavy atom. The van der Waals surface area contributed by atoms with Gasteiger partial charge >= 0.3 is 7.82 Å². The minimum absolute atomic E-state index is 0.206. The Kier molecular flexibility index (Phi) is 5.37. The second-order valence-corrected chi connectivity index (χ2v) is 7.74. The third kappa shape index (κ3) is 4.50. The Bertz CT molecular complexity index is 1120. The highest BCUT2D eigenvalue weighted by molar-refractivity contribution is 7.49. The fourth-order valence-electron chi connectivity index (χ4n) is 2.93. The highest BCUT2D eigenvalue weighted by atomic mass is 31.2. The summed E-state index contributed by atoms with van der Waals surface area (Å²) in [6.07, 6.45) is 0. The minimum Gasteiger partial charge on any atom is -0.386 e. The molecule has 0 amide bonds. The van der Waals surface area contributed by atoms with Crippen molar-refractivity contribution in [2.75, 3.05) is 0 Å². The maximum atomic E-state index is 13.5. The molecule has 0 saturated heterocycles. The van der Waals surface area contributed by atoms with Crippen molar-refractivity contribution in [2.45, 2.75) is 0 Å². The average Bonchev–Trinajstić information content (AvgIpc) is 2.74. The molecule has 0 fully saturated rings. The van der Waals surface area contributed by atoms with Crippen molar-refractivity contribution in [3.05, 3.63) is 115 Å². The van der Waals surface area contributed by atoms with Crippen LogP contribution in [-0.2, 0) is 9.09 Å². The van der Waals surface area contributed by atoms with Gasteiger partial charge in [0.15, 0.2) is 0 Å². The van der Waals surface area contributed by atoms with E-state index in [2.05, 4.69) is 6.58 Å². The van der Waals surface area contributed by atoms with Gasteiger partial charge in [0.1, 0.15) is 17.3 Å². The lowest BCUT2D eigenvalue weighted by atomic mass is 10.0. The van der Waals surface area contributed by atoms with E-state index < -0.39 is 7.82 Å². The molecule has 0 unspecified atom stereocenters. The van der Waals surface area contributed by atoms with E-state index >= 15 is 0 Å². The van der Waals surface area contributed by atoms with Crippen LogP contribution in [0.4, 0.5) is 0 Å². The van der Waals surface area contributed by atoms with Crippen molar-refractivity contribution in [1.29, 1.82) is 0 Å². The Hall–Kier alpha value is -3.49. The normalized spacial score (nSPS) is 11.0. The van der Waals surface area contributed by atoms with Gasteiger partial charge in [-0.25, -0.2) is 0 Å². The number of para-hydroxylation sites is 2. The molecule has 4 nitrogen and oxygen atoms in total. The SMILES string of the molecule is C=C(OP(=O)(Oc1ccccc1)Oc1ccccc1)c1cccc2ccccc12. The molecule has 0 atom stereocenters. The summed E-state index contributed by atoms with van der Waals surface area (Å²) in [5.41, 5.74) is 0.719. The second kappa shape index (κ2) is 8.26. The third-order valence-corrected chi connectivity index (χ3v) is 5.55. The van der Waals surface area contributed by atoms with Gasteiger partial charge in [-0.05, 0) is 35.0 Å². The molecule has 0 aromatic heterocycles. The van der Waals surface area contributed by atoms with Crippen LogP contribution in [0.2, 0.25) is 0 Å². The molecule has 0 aliphatic carbocycles. The Morgan fingerprint density at radius 3 is 1.79 bits per heavy atom. The predicted molar refractivity (Wildman–Crippen MR) is 116 cm³/mol. The number of rotatable bonds is 7. The van der Waals surface area contributed by atoms with E-state index in [1.807, 2.05) is 54.6 Å². The first-order valence-corrected chi connectivity index (χ1v) is 10.5. The average molecular weight is 402 g/mol. The van der Waals surface area contributed by atoms with E-state index in [1.54, 1.807) is 48.5 Å². The zero-order chi connectivity index (χ0) is 20.1. The Labute approximate surface area is 169 Å². The second-order valence-electron chi connectivity index (χ2n) is 6.30. The van der Waals surface area contributed by atoms with Crippen molar-refractivity contribution in [3.8, 4) is 11.5 Å². The van der Waals surface area contributed by atoms with E-state index in [-0.39, 0.29) is 5.76 Å². The van der Waals surface area contributed by atoms with Crippen LogP contribution in [0.25, 0.3) is 16.5 Å². The zero-order valence-corrected chi connectivity index (χ0v) is 16.5. The molecule has 29 heavy (non-hydrogen) atoms. The fourth-order valence-corrected chi connectivity index (χ4v) is 4.17. The summed E-state index contributed by atoms with van der Waals surface area (Å²) in [4.78, 5) is 0. The van der Waals surface area contributed by atoms with Gasteiger partial charge in [0.2, 0.25) is 0 Å². The molecule has 4 aromatic carbocycles. The third-order valence-electron chi connectivity index (χ3n) is 4.23. The van der Waals surface area contributed by atoms with Gasteiger partial charge in [-0.3, -0.25) is 0 Å².